The summed E-state index contributed by atoms with van der Waals surface area (Å²) < 4.78 is 5.02. The fourth-order valence-electron chi connectivity index (χ4n) is 1.14. The summed E-state index contributed by atoms with van der Waals surface area (Å²) in [5, 5.41) is 0. The maximum atomic E-state index is 11.2. The van der Waals surface area contributed by atoms with Gasteiger partial charge in [0, 0.05) is 6.54 Å². The Morgan fingerprint density at radius 1 is 1.54 bits per heavy atom. The number of nitrogens with zero attached hydrogens (tertiary/aromatic N) is 1. The Bertz CT molecular complexity index is 212. The number of carbonyl (C=O) groups is 1. The topological polar surface area (TPSA) is 29.5 Å². The summed E-state index contributed by atoms with van der Waals surface area (Å²) in [6.07, 6.45) is 0.959. The number of carbonyl (C=O) groups excluding carboxylic acids is 1. The van der Waals surface area contributed by atoms with Gasteiger partial charge in [-0.2, -0.15) is 0 Å². The second kappa shape index (κ2) is 3.40. The average Bonchev–Trinajstić information content (AvgIpc) is 2.27. The van der Waals surface area contributed by atoms with Gasteiger partial charge in [-0.05, 0) is 18.4 Å². The minimum atomic E-state index is 0.0225. The van der Waals surface area contributed by atoms with Crippen LogP contribution in [0.5, 0.6) is 0 Å². The van der Waals surface area contributed by atoms with Crippen LogP contribution in [-0.4, -0.2) is 24.0 Å². The van der Waals surface area contributed by atoms with Gasteiger partial charge in [0.15, 0.2) is 12.5 Å². The lowest BCUT2D eigenvalue weighted by atomic mass is 9.92. The quantitative estimate of drug-likeness (QED) is 0.652. The molecule has 0 spiro atoms. The van der Waals surface area contributed by atoms with Gasteiger partial charge in [-0.25, -0.2) is 0 Å². The highest BCUT2D eigenvalue weighted by Gasteiger charge is 2.26. The molecule has 3 heteroatoms. The van der Waals surface area contributed by atoms with Crippen LogP contribution in [0.4, 0.5) is 0 Å². The molecule has 0 aliphatic carbocycles. The normalized spacial score (nSPS) is 17.9. The van der Waals surface area contributed by atoms with Crippen molar-refractivity contribution < 1.29 is 9.53 Å². The van der Waals surface area contributed by atoms with E-state index in [0.29, 0.717) is 12.4 Å². The summed E-state index contributed by atoms with van der Waals surface area (Å²) >= 11 is 0. The van der Waals surface area contributed by atoms with Crippen LogP contribution < -0.4 is 0 Å². The molecule has 1 aliphatic heterocycles. The molecule has 0 bridgehead atoms. The zero-order valence-corrected chi connectivity index (χ0v) is 8.59. The van der Waals surface area contributed by atoms with Gasteiger partial charge < -0.3 is 4.74 Å². The summed E-state index contributed by atoms with van der Waals surface area (Å²) in [6.45, 7) is 11.0. The van der Waals surface area contributed by atoms with Crippen molar-refractivity contribution in [1.29, 1.82) is 0 Å². The first-order chi connectivity index (χ1) is 5.90. The molecule has 0 aromatic rings. The van der Waals surface area contributed by atoms with E-state index >= 15 is 0 Å². The molecule has 13 heavy (non-hydrogen) atoms. The van der Waals surface area contributed by atoms with Crippen molar-refractivity contribution in [2.24, 2.45) is 5.41 Å². The predicted octanol–water partition coefficient (Wildman–Crippen LogP) is 1.75. The van der Waals surface area contributed by atoms with Gasteiger partial charge in [-0.15, -0.1) is 0 Å². The first kappa shape index (κ1) is 10.1. The maximum absolute atomic E-state index is 11.2. The molecule has 1 amide bonds. The first-order valence-electron chi connectivity index (χ1n) is 4.52. The molecule has 0 radical (unpaired) electrons. The number of hydrogen-bond acceptors (Lipinski definition) is 2. The second-order valence-electron chi connectivity index (χ2n) is 4.54. The number of ether oxygens (including phenoxy) is 1. The Morgan fingerprint density at radius 3 is 2.54 bits per heavy atom. The monoisotopic (exact) mass is 183 g/mol. The lowest BCUT2D eigenvalue weighted by Crippen LogP contribution is -2.27. The minimum Gasteiger partial charge on any atom is -0.469 e. The van der Waals surface area contributed by atoms with Gasteiger partial charge in [0.05, 0.1) is 0 Å². The van der Waals surface area contributed by atoms with E-state index < -0.39 is 0 Å². The number of hydrogen-bond donors (Lipinski definition) is 0. The Balaban J connectivity index is 2.45. The van der Waals surface area contributed by atoms with Crippen molar-refractivity contribution in [3.05, 3.63) is 12.5 Å². The standard InChI is InChI=1S/C10H17NO2/c1-8-11(9(12)7-13-8)6-5-10(2,3)4/h1,5-7H2,2-4H3. The first-order valence-corrected chi connectivity index (χ1v) is 4.52. The molecule has 1 aliphatic rings. The predicted molar refractivity (Wildman–Crippen MR) is 50.9 cm³/mol. The zero-order chi connectivity index (χ0) is 10.1. The van der Waals surface area contributed by atoms with Crippen molar-refractivity contribution in [1.82, 2.24) is 4.90 Å². The van der Waals surface area contributed by atoms with E-state index in [-0.39, 0.29) is 17.9 Å². The van der Waals surface area contributed by atoms with Crippen molar-refractivity contribution in [3.8, 4) is 0 Å². The molecule has 74 valence electrons. The van der Waals surface area contributed by atoms with Crippen molar-refractivity contribution in [3.63, 3.8) is 0 Å². The highest BCUT2D eigenvalue weighted by Crippen LogP contribution is 2.22. The van der Waals surface area contributed by atoms with E-state index in [0.717, 1.165) is 6.42 Å². The van der Waals surface area contributed by atoms with E-state index in [4.69, 9.17) is 4.74 Å². The fraction of sp³-hybridized carbons (Fsp3) is 0.700. The molecule has 0 saturated carbocycles. The van der Waals surface area contributed by atoms with E-state index in [1.54, 1.807) is 4.90 Å². The van der Waals surface area contributed by atoms with Crippen LogP contribution in [0.2, 0.25) is 0 Å². The van der Waals surface area contributed by atoms with Crippen LogP contribution in [-0.2, 0) is 9.53 Å². The molecule has 0 N–H and O–H groups in total. The molecule has 0 atom stereocenters. The van der Waals surface area contributed by atoms with Crippen LogP contribution in [0, 0.1) is 5.41 Å². The summed E-state index contributed by atoms with van der Waals surface area (Å²) in [7, 11) is 0. The summed E-state index contributed by atoms with van der Waals surface area (Å²) in [5.74, 6) is 0.517. The molecule has 1 saturated heterocycles. The third-order valence-corrected chi connectivity index (χ3v) is 2.05. The number of amides is 1. The highest BCUT2D eigenvalue weighted by molar-refractivity contribution is 5.81. The summed E-state index contributed by atoms with van der Waals surface area (Å²) in [6, 6.07) is 0. The van der Waals surface area contributed by atoms with E-state index in [1.165, 1.54) is 0 Å². The zero-order valence-electron chi connectivity index (χ0n) is 8.59. The van der Waals surface area contributed by atoms with Gasteiger partial charge >= 0.3 is 0 Å². The van der Waals surface area contributed by atoms with Crippen LogP contribution in [0.15, 0.2) is 12.5 Å². The largest absolute Gasteiger partial charge is 0.469 e. The molecule has 0 aromatic carbocycles. The lowest BCUT2D eigenvalue weighted by Gasteiger charge is -2.22. The Morgan fingerprint density at radius 2 is 2.15 bits per heavy atom. The van der Waals surface area contributed by atoms with Crippen molar-refractivity contribution in [2.45, 2.75) is 27.2 Å². The summed E-state index contributed by atoms with van der Waals surface area (Å²) in [4.78, 5) is 12.9. The Hall–Kier alpha value is -0.990. The molecule has 1 heterocycles. The van der Waals surface area contributed by atoms with Gasteiger partial charge in [0.2, 0.25) is 0 Å². The van der Waals surface area contributed by atoms with Crippen LogP contribution in [0.3, 0.4) is 0 Å². The minimum absolute atomic E-state index is 0.0225. The fourth-order valence-corrected chi connectivity index (χ4v) is 1.14. The Labute approximate surface area is 79.4 Å². The van der Waals surface area contributed by atoms with Crippen LogP contribution in [0.1, 0.15) is 27.2 Å². The summed E-state index contributed by atoms with van der Waals surface area (Å²) in [5.41, 5.74) is 0.239. The lowest BCUT2D eigenvalue weighted by molar-refractivity contribution is -0.126. The molecular formula is C10H17NO2. The van der Waals surface area contributed by atoms with Gasteiger partial charge in [0.1, 0.15) is 0 Å². The molecule has 1 fully saturated rings. The molecular weight excluding hydrogens is 166 g/mol. The molecule has 0 aromatic heterocycles. The van der Waals surface area contributed by atoms with Crippen LogP contribution in [0.25, 0.3) is 0 Å². The van der Waals surface area contributed by atoms with E-state index in [9.17, 15) is 4.79 Å². The van der Waals surface area contributed by atoms with E-state index in [1.807, 2.05) is 0 Å². The highest BCUT2D eigenvalue weighted by atomic mass is 16.5. The van der Waals surface area contributed by atoms with Gasteiger partial charge in [0.25, 0.3) is 5.91 Å². The SMILES string of the molecule is C=C1OCC(=O)N1CCC(C)(C)C. The van der Waals surface area contributed by atoms with Gasteiger partial charge in [-0.3, -0.25) is 9.69 Å². The van der Waals surface area contributed by atoms with E-state index in [2.05, 4.69) is 27.4 Å². The van der Waals surface area contributed by atoms with Crippen molar-refractivity contribution in [2.75, 3.05) is 13.2 Å². The average molecular weight is 183 g/mol. The molecule has 0 unspecified atom stereocenters. The second-order valence-corrected chi connectivity index (χ2v) is 4.54. The third kappa shape index (κ3) is 2.76. The van der Waals surface area contributed by atoms with Gasteiger partial charge in [-0.1, -0.05) is 20.8 Å². The van der Waals surface area contributed by atoms with Crippen LogP contribution >= 0.6 is 0 Å². The maximum Gasteiger partial charge on any atom is 0.267 e. The molecule has 1 rings (SSSR count). The smallest absolute Gasteiger partial charge is 0.267 e. The number of rotatable bonds is 2. The molecule has 3 nitrogen and oxygen atoms in total. The third-order valence-electron chi connectivity index (χ3n) is 2.05. The van der Waals surface area contributed by atoms with Crippen molar-refractivity contribution >= 4 is 5.91 Å². The Kier molecular flexibility index (Phi) is 2.64.